The normalized spacial score (nSPS) is 10.9. The number of anilines is 3. The van der Waals surface area contributed by atoms with E-state index in [4.69, 9.17) is 0 Å². The van der Waals surface area contributed by atoms with Crippen LogP contribution in [0.2, 0.25) is 0 Å². The lowest BCUT2D eigenvalue weighted by atomic mass is 10.1. The largest absolute Gasteiger partial charge is 0.378 e. The molecule has 0 atom stereocenters. The van der Waals surface area contributed by atoms with Gasteiger partial charge in [0.1, 0.15) is 10.7 Å². The third kappa shape index (κ3) is 4.95. The number of hydrazone groups is 1. The van der Waals surface area contributed by atoms with Crippen molar-refractivity contribution in [1.82, 2.24) is 4.98 Å². The summed E-state index contributed by atoms with van der Waals surface area (Å²) in [5, 5.41) is 8.44. The van der Waals surface area contributed by atoms with Gasteiger partial charge in [0.2, 0.25) is 11.0 Å². The molecule has 0 bridgehead atoms. The van der Waals surface area contributed by atoms with Gasteiger partial charge >= 0.3 is 0 Å². The quantitative estimate of drug-likeness (QED) is 0.475. The summed E-state index contributed by atoms with van der Waals surface area (Å²) in [5.74, 6) is -0.131. The molecule has 1 aromatic heterocycles. The number of rotatable bonds is 6. The maximum absolute atomic E-state index is 11.5. The number of amides is 1. The van der Waals surface area contributed by atoms with Crippen molar-refractivity contribution in [3.8, 4) is 11.3 Å². The molecule has 3 aromatic rings. The molecule has 6 nitrogen and oxygen atoms in total. The molecule has 0 aliphatic carbocycles. The standard InChI is InChI=1S/C21H23N5OS/c1-14-5-9-17(10-6-14)19-20(23-15(2)27)28-21(24-19)25-22-13-16-7-11-18(12-8-16)26(3)4/h5-13H,1-4H3,(H,23,27)(H,24,25)/b22-13-. The van der Waals surface area contributed by atoms with E-state index in [2.05, 4.69) is 20.8 Å². The van der Waals surface area contributed by atoms with E-state index in [-0.39, 0.29) is 5.91 Å². The smallest absolute Gasteiger partial charge is 0.221 e. The van der Waals surface area contributed by atoms with E-state index in [1.165, 1.54) is 23.8 Å². The molecule has 0 spiro atoms. The topological polar surface area (TPSA) is 69.6 Å². The third-order valence-corrected chi connectivity index (χ3v) is 4.90. The van der Waals surface area contributed by atoms with E-state index >= 15 is 0 Å². The Morgan fingerprint density at radius 3 is 2.39 bits per heavy atom. The molecular formula is C21H23N5OS. The van der Waals surface area contributed by atoms with Crippen LogP contribution in [0.3, 0.4) is 0 Å². The monoisotopic (exact) mass is 393 g/mol. The molecule has 0 aliphatic rings. The van der Waals surface area contributed by atoms with E-state index in [1.807, 2.05) is 74.4 Å². The number of nitrogens with one attached hydrogen (secondary N) is 2. The van der Waals surface area contributed by atoms with Gasteiger partial charge in [-0.3, -0.25) is 10.2 Å². The first-order valence-electron chi connectivity index (χ1n) is 8.84. The molecule has 0 unspecified atom stereocenters. The number of hydrogen-bond acceptors (Lipinski definition) is 6. The first-order chi connectivity index (χ1) is 13.4. The zero-order valence-corrected chi connectivity index (χ0v) is 17.2. The summed E-state index contributed by atoms with van der Waals surface area (Å²) in [5.41, 5.74) is 7.92. The highest BCUT2D eigenvalue weighted by molar-refractivity contribution is 7.20. The number of carbonyl (C=O) groups excluding carboxylic acids is 1. The minimum Gasteiger partial charge on any atom is -0.378 e. The van der Waals surface area contributed by atoms with Gasteiger partial charge in [-0.25, -0.2) is 4.98 Å². The van der Waals surface area contributed by atoms with E-state index in [1.54, 1.807) is 6.21 Å². The Hall–Kier alpha value is -3.19. The van der Waals surface area contributed by atoms with Gasteiger partial charge in [0.05, 0.1) is 6.21 Å². The Labute approximate surface area is 168 Å². The highest BCUT2D eigenvalue weighted by Gasteiger charge is 2.14. The highest BCUT2D eigenvalue weighted by atomic mass is 32.1. The molecule has 0 fully saturated rings. The van der Waals surface area contributed by atoms with Gasteiger partial charge in [0, 0.05) is 32.3 Å². The van der Waals surface area contributed by atoms with Crippen LogP contribution in [-0.2, 0) is 4.79 Å². The average Bonchev–Trinajstić information content (AvgIpc) is 3.04. The molecule has 3 rings (SSSR count). The minimum absolute atomic E-state index is 0.131. The lowest BCUT2D eigenvalue weighted by Gasteiger charge is -2.11. The van der Waals surface area contributed by atoms with Crippen molar-refractivity contribution in [1.29, 1.82) is 0 Å². The van der Waals surface area contributed by atoms with Gasteiger partial charge in [0.15, 0.2) is 0 Å². The van der Waals surface area contributed by atoms with Crippen LogP contribution in [0.15, 0.2) is 53.6 Å². The van der Waals surface area contributed by atoms with Gasteiger partial charge in [-0.2, -0.15) is 5.10 Å². The Morgan fingerprint density at radius 1 is 1.11 bits per heavy atom. The average molecular weight is 394 g/mol. The van der Waals surface area contributed by atoms with E-state index in [0.717, 1.165) is 22.5 Å². The number of aromatic nitrogens is 1. The van der Waals surface area contributed by atoms with Crippen molar-refractivity contribution in [2.75, 3.05) is 29.7 Å². The Morgan fingerprint density at radius 2 is 1.79 bits per heavy atom. The lowest BCUT2D eigenvalue weighted by Crippen LogP contribution is -2.08. The van der Waals surface area contributed by atoms with E-state index in [9.17, 15) is 4.79 Å². The second-order valence-corrected chi connectivity index (χ2v) is 7.60. The van der Waals surface area contributed by atoms with Crippen LogP contribution in [0, 0.1) is 6.92 Å². The number of aryl methyl sites for hydroxylation is 1. The summed E-state index contributed by atoms with van der Waals surface area (Å²) in [6, 6.07) is 16.1. The summed E-state index contributed by atoms with van der Waals surface area (Å²) < 4.78 is 0. The van der Waals surface area contributed by atoms with Crippen LogP contribution in [0.1, 0.15) is 18.1 Å². The Bertz CT molecular complexity index is 975. The summed E-state index contributed by atoms with van der Waals surface area (Å²) in [4.78, 5) is 18.2. The summed E-state index contributed by atoms with van der Waals surface area (Å²) in [7, 11) is 4.01. The SMILES string of the molecule is CC(=O)Nc1sc(N/N=C\c2ccc(N(C)C)cc2)nc1-c1ccc(C)cc1. The number of carbonyl (C=O) groups is 1. The van der Waals surface area contributed by atoms with Crippen LogP contribution in [-0.4, -0.2) is 31.2 Å². The fourth-order valence-corrected chi connectivity index (χ4v) is 3.42. The number of thiazole rings is 1. The van der Waals surface area contributed by atoms with Crippen LogP contribution in [0.25, 0.3) is 11.3 Å². The zero-order valence-electron chi connectivity index (χ0n) is 16.4. The molecule has 28 heavy (non-hydrogen) atoms. The number of benzene rings is 2. The molecule has 1 heterocycles. The van der Waals surface area contributed by atoms with Gasteiger partial charge in [-0.15, -0.1) is 0 Å². The first kappa shape index (κ1) is 19.6. The van der Waals surface area contributed by atoms with Gasteiger partial charge in [-0.05, 0) is 24.6 Å². The molecule has 2 aromatic carbocycles. The number of nitrogens with zero attached hydrogens (tertiary/aromatic N) is 3. The molecule has 0 saturated heterocycles. The fourth-order valence-electron chi connectivity index (χ4n) is 2.54. The van der Waals surface area contributed by atoms with Crippen LogP contribution < -0.4 is 15.6 Å². The summed E-state index contributed by atoms with van der Waals surface area (Å²) in [6.45, 7) is 3.52. The molecular weight excluding hydrogens is 370 g/mol. The predicted octanol–water partition coefficient (Wildman–Crippen LogP) is 4.59. The predicted molar refractivity (Wildman–Crippen MR) is 119 cm³/mol. The van der Waals surface area contributed by atoms with Gasteiger partial charge in [0.25, 0.3) is 0 Å². The van der Waals surface area contributed by atoms with Crippen molar-refractivity contribution in [2.45, 2.75) is 13.8 Å². The first-order valence-corrected chi connectivity index (χ1v) is 9.66. The fraction of sp³-hybridized carbons (Fsp3) is 0.190. The Kier molecular flexibility index (Phi) is 6.06. The van der Waals surface area contributed by atoms with Crippen molar-refractivity contribution < 1.29 is 4.79 Å². The van der Waals surface area contributed by atoms with Crippen molar-refractivity contribution in [3.05, 3.63) is 59.7 Å². The van der Waals surface area contributed by atoms with Crippen LogP contribution >= 0.6 is 11.3 Å². The van der Waals surface area contributed by atoms with E-state index in [0.29, 0.717) is 10.1 Å². The molecule has 0 aliphatic heterocycles. The molecule has 0 radical (unpaired) electrons. The van der Waals surface area contributed by atoms with Gasteiger partial charge < -0.3 is 10.2 Å². The zero-order chi connectivity index (χ0) is 20.1. The molecule has 0 saturated carbocycles. The number of hydrogen-bond donors (Lipinski definition) is 2. The second kappa shape index (κ2) is 8.67. The molecule has 7 heteroatoms. The summed E-state index contributed by atoms with van der Waals surface area (Å²) >= 11 is 1.35. The molecule has 1 amide bonds. The van der Waals surface area contributed by atoms with Crippen molar-refractivity contribution in [3.63, 3.8) is 0 Å². The highest BCUT2D eigenvalue weighted by Crippen LogP contribution is 2.36. The van der Waals surface area contributed by atoms with Crippen LogP contribution in [0.5, 0.6) is 0 Å². The second-order valence-electron chi connectivity index (χ2n) is 6.60. The minimum atomic E-state index is -0.131. The maximum atomic E-state index is 11.5. The van der Waals surface area contributed by atoms with Gasteiger partial charge in [-0.1, -0.05) is 53.3 Å². The lowest BCUT2D eigenvalue weighted by molar-refractivity contribution is -0.114. The van der Waals surface area contributed by atoms with Crippen LogP contribution in [0.4, 0.5) is 15.8 Å². The Balaban J connectivity index is 1.78. The van der Waals surface area contributed by atoms with Crippen molar-refractivity contribution in [2.24, 2.45) is 5.10 Å². The van der Waals surface area contributed by atoms with Crippen molar-refractivity contribution >= 4 is 39.3 Å². The summed E-state index contributed by atoms with van der Waals surface area (Å²) in [6.07, 6.45) is 1.74. The molecule has 2 N–H and O–H groups in total. The van der Waals surface area contributed by atoms with E-state index < -0.39 is 0 Å². The third-order valence-electron chi connectivity index (χ3n) is 4.03. The maximum Gasteiger partial charge on any atom is 0.221 e. The molecule has 144 valence electrons.